The molecule has 0 saturated carbocycles. The number of hydrogen-bond acceptors (Lipinski definition) is 1. The number of furan rings is 1. The molecule has 1 heteroatoms. The third kappa shape index (κ3) is 4.16. The molecule has 0 amide bonds. The molecule has 10 aromatic carbocycles. The topological polar surface area (TPSA) is 13.1 Å². The summed E-state index contributed by atoms with van der Waals surface area (Å²) in [6, 6.07) is -24.9. The van der Waals surface area contributed by atoms with Gasteiger partial charge in [0.25, 0.3) is 0 Å². The fourth-order valence-corrected chi connectivity index (χ4v) is 6.54. The number of rotatable bonds is 3. The molecule has 0 bridgehead atoms. The first kappa shape index (κ1) is 12.0. The lowest BCUT2D eigenvalue weighted by Gasteiger charge is -2.18. The van der Waals surface area contributed by atoms with Crippen molar-refractivity contribution >= 4 is 75.8 Å². The van der Waals surface area contributed by atoms with E-state index in [-0.39, 0.29) is 10.8 Å². The molecule has 1 heterocycles. The number of hydrogen-bond donors (Lipinski definition) is 0. The highest BCUT2D eigenvalue weighted by atomic mass is 16.3. The van der Waals surface area contributed by atoms with Crippen LogP contribution < -0.4 is 0 Å². The lowest BCUT2D eigenvalue weighted by Crippen LogP contribution is -1.91. The van der Waals surface area contributed by atoms with Gasteiger partial charge in [-0.2, -0.15) is 0 Å². The SMILES string of the molecule is [2H]c1cc2c(c([2H])c([2H])c3c([2H])c([2H])c([2H])c([2H])c32)c(-c2c([2H])c([2H])c(-c3c4c([2H])c([2H])c([2H])c([2H])c4c(-c4c([2H])c([2H])c([2H])c5oc6c7c([2H])c([2H])c([2H])c([2H])c7c([2H])c([2H])c6c45)c4c([2H])c([2H])c([2H])c([2H])c34)c([2H])c2[2H])c1[2H]. The maximum Gasteiger partial charge on any atom is 0.143 e. The Bertz CT molecular complexity index is 4760. The van der Waals surface area contributed by atoms with E-state index in [1.54, 1.807) is 0 Å². The molecule has 0 aliphatic carbocycles. The summed E-state index contributed by atoms with van der Waals surface area (Å²) >= 11 is 0. The summed E-state index contributed by atoms with van der Waals surface area (Å²) in [5.74, 6) is 0. The summed E-state index contributed by atoms with van der Waals surface area (Å²) in [5, 5.41) is -6.58. The highest BCUT2D eigenvalue weighted by molar-refractivity contribution is 6.27. The van der Waals surface area contributed by atoms with Crippen LogP contribution in [-0.2, 0) is 0 Å². The normalized spacial score (nSPS) is 19.9. The summed E-state index contributed by atoms with van der Waals surface area (Å²) in [7, 11) is 0. The fraction of sp³-hybridized carbons (Fsp3) is 0. The van der Waals surface area contributed by atoms with Gasteiger partial charge in [0.15, 0.2) is 0 Å². The average Bonchev–Trinajstić information content (AvgIpc) is 4.01. The van der Waals surface area contributed by atoms with Crippen molar-refractivity contribution in [2.75, 3.05) is 0 Å². The van der Waals surface area contributed by atoms with Gasteiger partial charge in [0.2, 0.25) is 0 Å². The predicted molar refractivity (Wildman–Crippen MR) is 218 cm³/mol. The Morgan fingerprint density at radius 1 is 0.333 bits per heavy atom. The second-order valence-electron chi connectivity index (χ2n) is 11.3. The van der Waals surface area contributed by atoms with E-state index in [0.29, 0.717) is 0 Å². The summed E-state index contributed by atoms with van der Waals surface area (Å²) in [6.45, 7) is 0. The van der Waals surface area contributed by atoms with Gasteiger partial charge in [-0.3, -0.25) is 0 Å². The molecule has 0 aliphatic heterocycles. The van der Waals surface area contributed by atoms with Crippen molar-refractivity contribution in [3.63, 3.8) is 0 Å². The van der Waals surface area contributed by atoms with Crippen molar-refractivity contribution < 1.29 is 44.2 Å². The molecule has 0 fully saturated rings. The molecule has 11 aromatic rings. The lowest BCUT2D eigenvalue weighted by molar-refractivity contribution is 0.673. The van der Waals surface area contributed by atoms with Crippen LogP contribution in [0.25, 0.3) is 109 Å². The Balaban J connectivity index is 1.38. The summed E-state index contributed by atoms with van der Waals surface area (Å²) in [6.07, 6.45) is 0. The molecular formula is C50H30O. The minimum atomic E-state index is -1.10. The van der Waals surface area contributed by atoms with Crippen molar-refractivity contribution in [3.8, 4) is 33.4 Å². The van der Waals surface area contributed by atoms with Gasteiger partial charge in [0.1, 0.15) is 11.2 Å². The van der Waals surface area contributed by atoms with Gasteiger partial charge in [-0.25, -0.2) is 0 Å². The van der Waals surface area contributed by atoms with E-state index in [0.717, 1.165) is 6.07 Å². The van der Waals surface area contributed by atoms with Crippen molar-refractivity contribution in [2.45, 2.75) is 0 Å². The van der Waals surface area contributed by atoms with Gasteiger partial charge < -0.3 is 4.42 Å². The highest BCUT2D eigenvalue weighted by Gasteiger charge is 2.21. The van der Waals surface area contributed by atoms with Gasteiger partial charge in [0, 0.05) is 16.2 Å². The van der Waals surface area contributed by atoms with Crippen LogP contribution in [0, 0.1) is 0 Å². The van der Waals surface area contributed by atoms with Crippen molar-refractivity contribution in [1.29, 1.82) is 0 Å². The Labute approximate surface area is 335 Å². The molecule has 0 unspecified atom stereocenters. The molecule has 1 nitrogen and oxygen atoms in total. The second kappa shape index (κ2) is 10.9. The largest absolute Gasteiger partial charge is 0.455 e. The number of fused-ring (bicyclic) bond motifs is 10. The van der Waals surface area contributed by atoms with Crippen LogP contribution in [0.2, 0.25) is 0 Å². The monoisotopic (exact) mass is 675 g/mol. The lowest BCUT2D eigenvalue weighted by atomic mass is 9.84. The minimum Gasteiger partial charge on any atom is -0.455 e. The van der Waals surface area contributed by atoms with E-state index in [1.807, 2.05) is 0 Å². The van der Waals surface area contributed by atoms with Gasteiger partial charge >= 0.3 is 0 Å². The fourth-order valence-electron chi connectivity index (χ4n) is 6.54. The third-order valence-corrected chi connectivity index (χ3v) is 8.70. The van der Waals surface area contributed by atoms with E-state index in [1.165, 1.54) is 0 Å². The molecule has 11 rings (SSSR count). The smallest absolute Gasteiger partial charge is 0.143 e. The molecule has 0 radical (unpaired) electrons. The Hall–Kier alpha value is -6.70. The summed E-state index contributed by atoms with van der Waals surface area (Å²) in [5.41, 5.74) is -5.71. The van der Waals surface area contributed by atoms with Gasteiger partial charge in [0.05, 0.1) is 39.8 Å². The predicted octanol–water partition coefficient (Wildman–Crippen LogP) is 14.4. The van der Waals surface area contributed by atoms with E-state index in [2.05, 4.69) is 0 Å². The molecule has 0 N–H and O–H groups in total. The van der Waals surface area contributed by atoms with Crippen LogP contribution in [0.3, 0.4) is 0 Å². The van der Waals surface area contributed by atoms with Crippen LogP contribution in [0.1, 0.15) is 39.8 Å². The Morgan fingerprint density at radius 2 is 0.882 bits per heavy atom. The van der Waals surface area contributed by atoms with E-state index >= 15 is 0 Å². The zero-order chi connectivity index (χ0) is 58.7. The minimum absolute atomic E-state index is 0.291. The van der Waals surface area contributed by atoms with Crippen LogP contribution in [0.4, 0.5) is 0 Å². The standard InChI is InChI=1S/C50H30O/c1-3-13-35-31(11-1)27-29-39-36(19-9-20-38(35)39)33-23-25-34(26-24-33)47-40-15-5-7-17-42(40)48(43-18-8-6-16-41(43)47)44-21-10-22-46-49(44)45-30-28-32-12-2-4-14-37(32)50(45)51-46/h1-30H/i1D,2D,3D,4D,5D,6D,7D,8D,9D,10D,11D,12D,13D,14D,15D,16D,17D,18D,19D,21D,22D,23D,24D,25D,26D,27D,28D,29D,30D. The third-order valence-electron chi connectivity index (χ3n) is 8.70. The van der Waals surface area contributed by atoms with Gasteiger partial charge in [-0.1, -0.05) is 169 Å². The second-order valence-corrected chi connectivity index (χ2v) is 11.3. The van der Waals surface area contributed by atoms with Gasteiger partial charge in [-0.15, -0.1) is 0 Å². The first-order valence-electron chi connectivity index (χ1n) is 29.7. The Morgan fingerprint density at radius 3 is 1.59 bits per heavy atom. The molecular weight excluding hydrogens is 617 g/mol. The molecule has 236 valence electrons. The highest BCUT2D eigenvalue weighted by Crippen LogP contribution is 2.47. The molecule has 0 aliphatic rings. The van der Waals surface area contributed by atoms with Crippen molar-refractivity contribution in [3.05, 3.63) is 181 Å². The maximum atomic E-state index is 9.73. The molecule has 1 aromatic heterocycles. The van der Waals surface area contributed by atoms with Crippen LogP contribution >= 0.6 is 0 Å². The summed E-state index contributed by atoms with van der Waals surface area (Å²) < 4.78 is 269. The van der Waals surface area contributed by atoms with E-state index in [4.69, 9.17) is 30.5 Å². The molecule has 0 atom stereocenters. The average molecular weight is 676 g/mol. The van der Waals surface area contributed by atoms with E-state index < -0.39 is 274 Å². The molecule has 0 spiro atoms. The zero-order valence-electron chi connectivity index (χ0n) is 54.5. The van der Waals surface area contributed by atoms with E-state index in [9.17, 15) is 13.7 Å². The first-order chi connectivity index (χ1) is 37.4. The van der Waals surface area contributed by atoms with Crippen LogP contribution in [-0.4, -0.2) is 0 Å². The van der Waals surface area contributed by atoms with Crippen LogP contribution in [0.5, 0.6) is 0 Å². The summed E-state index contributed by atoms with van der Waals surface area (Å²) in [4.78, 5) is 0. The molecule has 0 saturated heterocycles. The van der Waals surface area contributed by atoms with Crippen molar-refractivity contribution in [1.82, 2.24) is 0 Å². The quantitative estimate of drug-likeness (QED) is 0.134. The maximum absolute atomic E-state index is 9.73. The molecule has 51 heavy (non-hydrogen) atoms. The Kier molecular flexibility index (Phi) is 2.56. The van der Waals surface area contributed by atoms with Gasteiger partial charge in [-0.05, 0) is 93.9 Å². The van der Waals surface area contributed by atoms with Crippen molar-refractivity contribution in [2.24, 2.45) is 0 Å². The first-order valence-corrected chi connectivity index (χ1v) is 15.2. The zero-order valence-corrected chi connectivity index (χ0v) is 25.5. The van der Waals surface area contributed by atoms with Crippen LogP contribution in [0.15, 0.2) is 186 Å². The number of benzene rings is 10.